The van der Waals surface area contributed by atoms with Crippen LogP contribution in [-0.4, -0.2) is 40.3 Å². The molecule has 3 N–H and O–H groups in total. The quantitative estimate of drug-likeness (QED) is 0.463. The number of hydrogen-bond acceptors (Lipinski definition) is 5. The monoisotopic (exact) mass is 302 g/mol. The molecule has 8 nitrogen and oxygen atoms in total. The lowest BCUT2D eigenvalue weighted by Gasteiger charge is -1.97. The molecule has 0 aliphatic carbocycles. The molecule has 5 aromatic heterocycles. The third-order valence-corrected chi connectivity index (χ3v) is 3.68. The van der Waals surface area contributed by atoms with Crippen LogP contribution in [0, 0.1) is 0 Å². The second-order valence-electron chi connectivity index (χ2n) is 5.11. The van der Waals surface area contributed by atoms with Gasteiger partial charge in [0.15, 0.2) is 17.2 Å². The Hall–Kier alpha value is -3.55. The van der Waals surface area contributed by atoms with Gasteiger partial charge in [0.25, 0.3) is 0 Å². The SMILES string of the molecule is c1cnc2nc(-c3n[nH]c4ccc(-c5cn[nH]c5)nc34)[nH]c2c1. The lowest BCUT2D eigenvalue weighted by Crippen LogP contribution is -1.86. The van der Waals surface area contributed by atoms with Crippen LogP contribution in [0.15, 0.2) is 42.9 Å². The Kier molecular flexibility index (Phi) is 2.34. The number of imidazole rings is 1. The van der Waals surface area contributed by atoms with E-state index in [2.05, 4.69) is 35.3 Å². The number of aromatic amines is 3. The summed E-state index contributed by atoms with van der Waals surface area (Å²) in [5.74, 6) is 0.641. The fourth-order valence-corrected chi connectivity index (χ4v) is 2.57. The topological polar surface area (TPSA) is 112 Å². The van der Waals surface area contributed by atoms with Gasteiger partial charge in [-0.1, -0.05) is 0 Å². The number of fused-ring (bicyclic) bond motifs is 2. The van der Waals surface area contributed by atoms with Crippen molar-refractivity contribution in [1.82, 2.24) is 40.3 Å². The third kappa shape index (κ3) is 1.81. The van der Waals surface area contributed by atoms with Crippen LogP contribution in [0.1, 0.15) is 0 Å². The van der Waals surface area contributed by atoms with E-state index < -0.39 is 0 Å². The Morgan fingerprint density at radius 3 is 2.87 bits per heavy atom. The summed E-state index contributed by atoms with van der Waals surface area (Å²) in [5.41, 5.74) is 5.54. The summed E-state index contributed by atoms with van der Waals surface area (Å²) in [7, 11) is 0. The first-order chi connectivity index (χ1) is 11.4. The highest BCUT2D eigenvalue weighted by Crippen LogP contribution is 2.26. The lowest BCUT2D eigenvalue weighted by atomic mass is 10.2. The van der Waals surface area contributed by atoms with Crippen LogP contribution in [0.5, 0.6) is 0 Å². The minimum absolute atomic E-state index is 0.641. The molecule has 5 rings (SSSR count). The first-order valence-electron chi connectivity index (χ1n) is 7.04. The Balaban J connectivity index is 1.73. The number of rotatable bonds is 2. The molecule has 0 saturated heterocycles. The number of nitrogens with zero attached hydrogens (tertiary/aromatic N) is 5. The molecule has 0 saturated carbocycles. The van der Waals surface area contributed by atoms with E-state index in [0.717, 1.165) is 27.8 Å². The minimum Gasteiger partial charge on any atom is -0.335 e. The summed E-state index contributed by atoms with van der Waals surface area (Å²) in [5, 5.41) is 14.1. The molecule has 0 amide bonds. The first-order valence-corrected chi connectivity index (χ1v) is 7.04. The number of nitrogens with one attached hydrogen (secondary N) is 3. The van der Waals surface area contributed by atoms with Gasteiger partial charge in [-0.3, -0.25) is 10.2 Å². The van der Waals surface area contributed by atoms with Gasteiger partial charge in [-0.05, 0) is 24.3 Å². The molecule has 0 atom stereocenters. The van der Waals surface area contributed by atoms with Crippen LogP contribution in [0.2, 0.25) is 0 Å². The van der Waals surface area contributed by atoms with Crippen LogP contribution in [0.4, 0.5) is 0 Å². The Morgan fingerprint density at radius 2 is 2.00 bits per heavy atom. The lowest BCUT2D eigenvalue weighted by molar-refractivity contribution is 1.09. The predicted octanol–water partition coefficient (Wildman–Crippen LogP) is 2.29. The second kappa shape index (κ2) is 4.47. The number of pyridine rings is 2. The third-order valence-electron chi connectivity index (χ3n) is 3.68. The van der Waals surface area contributed by atoms with Crippen molar-refractivity contribution in [2.24, 2.45) is 0 Å². The molecule has 0 aliphatic rings. The van der Waals surface area contributed by atoms with Crippen LogP contribution in [-0.2, 0) is 0 Å². The van der Waals surface area contributed by atoms with Crippen molar-refractivity contribution >= 4 is 22.2 Å². The molecular formula is C15H10N8. The molecular weight excluding hydrogens is 292 g/mol. The number of aromatic nitrogens is 8. The van der Waals surface area contributed by atoms with E-state index in [0.29, 0.717) is 17.2 Å². The van der Waals surface area contributed by atoms with Crippen molar-refractivity contribution in [3.05, 3.63) is 42.9 Å². The molecule has 23 heavy (non-hydrogen) atoms. The van der Waals surface area contributed by atoms with Crippen molar-refractivity contribution in [2.75, 3.05) is 0 Å². The predicted molar refractivity (Wildman–Crippen MR) is 84.4 cm³/mol. The largest absolute Gasteiger partial charge is 0.335 e. The van der Waals surface area contributed by atoms with Gasteiger partial charge in [0.05, 0.1) is 22.9 Å². The summed E-state index contributed by atoms with van der Waals surface area (Å²) in [6.45, 7) is 0. The highest BCUT2D eigenvalue weighted by atomic mass is 15.2. The molecule has 110 valence electrons. The summed E-state index contributed by atoms with van der Waals surface area (Å²) in [4.78, 5) is 16.6. The fourth-order valence-electron chi connectivity index (χ4n) is 2.57. The van der Waals surface area contributed by atoms with Gasteiger partial charge in [-0.15, -0.1) is 0 Å². The zero-order chi connectivity index (χ0) is 15.2. The average Bonchev–Trinajstić information content (AvgIpc) is 3.32. The zero-order valence-corrected chi connectivity index (χ0v) is 11.8. The Labute approximate surface area is 129 Å². The van der Waals surface area contributed by atoms with E-state index in [1.165, 1.54) is 0 Å². The highest BCUT2D eigenvalue weighted by molar-refractivity contribution is 5.90. The van der Waals surface area contributed by atoms with E-state index in [1.807, 2.05) is 24.3 Å². The number of hydrogen-bond donors (Lipinski definition) is 3. The van der Waals surface area contributed by atoms with Crippen molar-refractivity contribution in [2.45, 2.75) is 0 Å². The van der Waals surface area contributed by atoms with E-state index in [9.17, 15) is 0 Å². The molecule has 5 heterocycles. The highest BCUT2D eigenvalue weighted by Gasteiger charge is 2.15. The van der Waals surface area contributed by atoms with Gasteiger partial charge >= 0.3 is 0 Å². The fraction of sp³-hybridized carbons (Fsp3) is 0. The Morgan fingerprint density at radius 1 is 1.00 bits per heavy atom. The molecule has 0 radical (unpaired) electrons. The van der Waals surface area contributed by atoms with E-state index in [-0.39, 0.29) is 0 Å². The normalized spacial score (nSPS) is 11.5. The van der Waals surface area contributed by atoms with E-state index in [1.54, 1.807) is 18.6 Å². The van der Waals surface area contributed by atoms with Crippen LogP contribution >= 0.6 is 0 Å². The van der Waals surface area contributed by atoms with Crippen molar-refractivity contribution in [3.63, 3.8) is 0 Å². The standard InChI is InChI=1S/C15H10N8/c1-2-11-14(16-5-1)21-15(20-11)13-12-10(22-23-13)4-3-9(19-12)8-6-17-18-7-8/h1-7H,(H,17,18)(H,22,23)(H,16,20,21). The molecule has 0 unspecified atom stereocenters. The molecule has 0 bridgehead atoms. The van der Waals surface area contributed by atoms with Gasteiger partial charge in [-0.2, -0.15) is 10.2 Å². The Bertz CT molecular complexity index is 1090. The molecule has 5 aromatic rings. The van der Waals surface area contributed by atoms with E-state index >= 15 is 0 Å². The van der Waals surface area contributed by atoms with Crippen LogP contribution in [0.25, 0.3) is 45.0 Å². The maximum Gasteiger partial charge on any atom is 0.178 e. The van der Waals surface area contributed by atoms with Gasteiger partial charge in [0, 0.05) is 18.0 Å². The zero-order valence-electron chi connectivity index (χ0n) is 11.8. The van der Waals surface area contributed by atoms with Gasteiger partial charge in [0.2, 0.25) is 0 Å². The van der Waals surface area contributed by atoms with Gasteiger partial charge < -0.3 is 4.98 Å². The van der Waals surface area contributed by atoms with Crippen molar-refractivity contribution in [1.29, 1.82) is 0 Å². The average molecular weight is 302 g/mol. The van der Waals surface area contributed by atoms with Crippen LogP contribution < -0.4 is 0 Å². The summed E-state index contributed by atoms with van der Waals surface area (Å²) >= 11 is 0. The molecule has 0 aliphatic heterocycles. The molecule has 0 fully saturated rings. The summed E-state index contributed by atoms with van der Waals surface area (Å²) in [6, 6.07) is 7.66. The summed E-state index contributed by atoms with van der Waals surface area (Å²) < 4.78 is 0. The van der Waals surface area contributed by atoms with Crippen LogP contribution in [0.3, 0.4) is 0 Å². The first kappa shape index (κ1) is 12.0. The summed E-state index contributed by atoms with van der Waals surface area (Å²) in [6.07, 6.45) is 5.25. The maximum absolute atomic E-state index is 4.69. The van der Waals surface area contributed by atoms with Gasteiger partial charge in [-0.25, -0.2) is 15.0 Å². The van der Waals surface area contributed by atoms with Gasteiger partial charge in [0.1, 0.15) is 5.52 Å². The maximum atomic E-state index is 4.69. The molecule has 8 heteroatoms. The van der Waals surface area contributed by atoms with E-state index in [4.69, 9.17) is 4.98 Å². The second-order valence-corrected chi connectivity index (χ2v) is 5.11. The number of H-pyrrole nitrogens is 3. The molecule has 0 aromatic carbocycles. The molecule has 0 spiro atoms. The van der Waals surface area contributed by atoms with Crippen molar-refractivity contribution in [3.8, 4) is 22.8 Å². The minimum atomic E-state index is 0.641. The smallest absolute Gasteiger partial charge is 0.178 e. The van der Waals surface area contributed by atoms with Crippen molar-refractivity contribution < 1.29 is 0 Å².